The summed E-state index contributed by atoms with van der Waals surface area (Å²) in [6.45, 7) is 3.77. The molecule has 2 aliphatic heterocycles. The first-order valence-electron chi connectivity index (χ1n) is 15.9. The van der Waals surface area contributed by atoms with Crippen molar-refractivity contribution in [1.82, 2.24) is 19.9 Å². The average molecular weight is 654 g/mol. The van der Waals surface area contributed by atoms with Crippen LogP contribution in [0, 0.1) is 22.9 Å². The van der Waals surface area contributed by atoms with E-state index in [4.69, 9.17) is 19.2 Å². The summed E-state index contributed by atoms with van der Waals surface area (Å²) in [6, 6.07) is 4.91. The fourth-order valence-electron chi connectivity index (χ4n) is 7.86. The van der Waals surface area contributed by atoms with Gasteiger partial charge in [0.25, 0.3) is 0 Å². The first-order valence-corrected chi connectivity index (χ1v) is 15.9. The summed E-state index contributed by atoms with van der Waals surface area (Å²) >= 11 is 0. The lowest BCUT2D eigenvalue weighted by molar-refractivity contribution is -0.0123. The molecule has 10 nitrogen and oxygen atoms in total. The van der Waals surface area contributed by atoms with Crippen LogP contribution in [-0.2, 0) is 4.74 Å². The Morgan fingerprint density at radius 1 is 1.04 bits per heavy atom. The molecule has 47 heavy (non-hydrogen) atoms. The summed E-state index contributed by atoms with van der Waals surface area (Å²) in [5.74, 6) is -3.45. The highest BCUT2D eigenvalue weighted by atomic mass is 19.2. The number of β-amino-alcohol motifs (C(OH)–C–C–N with tert-alkyl or cyclic N) is 1. The number of methoxy groups -OCH3 is 1. The van der Waals surface area contributed by atoms with Crippen molar-refractivity contribution >= 4 is 27.5 Å². The van der Waals surface area contributed by atoms with Gasteiger partial charge in [-0.3, -0.25) is 0 Å². The van der Waals surface area contributed by atoms with Crippen LogP contribution < -0.4 is 14.4 Å². The molecular weight excluding hydrogens is 615 g/mol. The summed E-state index contributed by atoms with van der Waals surface area (Å²) in [6.07, 6.45) is 5.19. The SMILES string of the molecule is COc1nc(-c2cc(O)cc3ccc(F)c(F)c23)c(F)c2nc(OC[C@]34CCC[C@H]3N(C)CCC4)nc(N3CCOC[C@@](C)(O)C3)c12. The van der Waals surface area contributed by atoms with E-state index in [0.29, 0.717) is 19.2 Å². The van der Waals surface area contributed by atoms with E-state index in [1.807, 2.05) is 0 Å². The van der Waals surface area contributed by atoms with E-state index in [-0.39, 0.29) is 75.9 Å². The third kappa shape index (κ3) is 5.57. The Morgan fingerprint density at radius 2 is 1.85 bits per heavy atom. The van der Waals surface area contributed by atoms with E-state index in [2.05, 4.69) is 21.9 Å². The predicted octanol–water partition coefficient (Wildman–Crippen LogP) is 5.21. The highest BCUT2D eigenvalue weighted by Crippen LogP contribution is 2.48. The second-order valence-electron chi connectivity index (χ2n) is 13.4. The number of fused-ring (bicyclic) bond motifs is 3. The number of ether oxygens (including phenoxy) is 3. The van der Waals surface area contributed by atoms with Gasteiger partial charge in [0.05, 0.1) is 33.5 Å². The molecule has 250 valence electrons. The standard InChI is InChI=1S/C34H38F3N5O5/c1-33(44)16-42(12-13-46-17-33)30-25-29(39-32(40-30)47-18-34-9-4-6-23(34)41(2)11-5-10-34)27(37)28(38-31(25)45-3)21-15-20(43)14-19-7-8-22(35)26(36)24(19)21/h7-8,14-15,23,43-44H,4-6,9-13,16-18H2,1-3H3/t23-,33+,34-/m1/s1. The molecular formula is C34H38F3N5O5. The van der Waals surface area contributed by atoms with Gasteiger partial charge in [-0.15, -0.1) is 0 Å². The van der Waals surface area contributed by atoms with Gasteiger partial charge in [-0.2, -0.15) is 9.97 Å². The number of nitrogens with zero attached hydrogens (tertiary/aromatic N) is 5. The average Bonchev–Trinajstić information content (AvgIpc) is 3.40. The first kappa shape index (κ1) is 31.6. The van der Waals surface area contributed by atoms with E-state index in [1.165, 1.54) is 19.2 Å². The van der Waals surface area contributed by atoms with E-state index >= 15 is 8.78 Å². The van der Waals surface area contributed by atoms with E-state index in [1.54, 1.807) is 11.8 Å². The minimum Gasteiger partial charge on any atom is -0.508 e. The Hall–Kier alpha value is -3.94. The van der Waals surface area contributed by atoms with Crippen molar-refractivity contribution in [2.75, 3.05) is 58.5 Å². The van der Waals surface area contributed by atoms with E-state index in [9.17, 15) is 14.6 Å². The fourth-order valence-corrected chi connectivity index (χ4v) is 7.86. The molecule has 0 radical (unpaired) electrons. The van der Waals surface area contributed by atoms with Crippen molar-refractivity contribution in [3.63, 3.8) is 0 Å². The second-order valence-corrected chi connectivity index (χ2v) is 13.4. The van der Waals surface area contributed by atoms with Crippen LogP contribution in [0.15, 0.2) is 24.3 Å². The second kappa shape index (κ2) is 11.9. The third-order valence-corrected chi connectivity index (χ3v) is 9.97. The van der Waals surface area contributed by atoms with Crippen LogP contribution in [0.2, 0.25) is 0 Å². The Kier molecular flexibility index (Phi) is 8.04. The zero-order valence-corrected chi connectivity index (χ0v) is 26.7. The molecule has 13 heteroatoms. The first-order chi connectivity index (χ1) is 22.5. The number of rotatable bonds is 6. The molecule has 0 unspecified atom stereocenters. The number of halogens is 3. The molecule has 3 fully saturated rings. The summed E-state index contributed by atoms with van der Waals surface area (Å²) in [4.78, 5) is 17.9. The summed E-state index contributed by atoms with van der Waals surface area (Å²) < 4.78 is 64.3. The molecule has 7 rings (SSSR count). The van der Waals surface area contributed by atoms with Gasteiger partial charge in [-0.05, 0) is 69.8 Å². The number of aromatic nitrogens is 3. The number of hydrogen-bond donors (Lipinski definition) is 2. The van der Waals surface area contributed by atoms with Gasteiger partial charge in [-0.25, -0.2) is 18.2 Å². The minimum absolute atomic E-state index is 0.0679. The van der Waals surface area contributed by atoms with Crippen LogP contribution >= 0.6 is 0 Å². The lowest BCUT2D eigenvalue weighted by Crippen LogP contribution is -2.50. The zero-order valence-electron chi connectivity index (χ0n) is 26.7. The molecule has 0 bridgehead atoms. The Bertz CT molecular complexity index is 1860. The summed E-state index contributed by atoms with van der Waals surface area (Å²) in [7, 11) is 3.48. The molecule has 3 aliphatic rings. The number of likely N-dealkylation sites (tertiary alicyclic amines) is 1. The van der Waals surface area contributed by atoms with Crippen molar-refractivity contribution < 1.29 is 37.6 Å². The molecule has 0 spiro atoms. The van der Waals surface area contributed by atoms with Crippen molar-refractivity contribution in [2.45, 2.75) is 50.7 Å². The topological polar surface area (TPSA) is 113 Å². The molecule has 4 heterocycles. The van der Waals surface area contributed by atoms with E-state index in [0.717, 1.165) is 50.8 Å². The molecule has 2 aromatic heterocycles. The van der Waals surface area contributed by atoms with Gasteiger partial charge in [0.2, 0.25) is 5.88 Å². The van der Waals surface area contributed by atoms with Crippen LogP contribution in [0.4, 0.5) is 19.0 Å². The lowest BCUT2D eigenvalue weighted by atomic mass is 9.76. The van der Waals surface area contributed by atoms with Crippen molar-refractivity contribution in [3.8, 4) is 28.9 Å². The largest absolute Gasteiger partial charge is 0.508 e. The molecule has 2 N–H and O–H groups in total. The fraction of sp³-hybridized carbons (Fsp3) is 0.500. The maximum absolute atomic E-state index is 16.9. The maximum Gasteiger partial charge on any atom is 0.319 e. The van der Waals surface area contributed by atoms with Crippen molar-refractivity contribution in [2.24, 2.45) is 5.41 Å². The van der Waals surface area contributed by atoms with Gasteiger partial charge in [0.15, 0.2) is 17.5 Å². The predicted molar refractivity (Wildman–Crippen MR) is 169 cm³/mol. The van der Waals surface area contributed by atoms with Gasteiger partial charge in [0, 0.05) is 29.0 Å². The molecule has 4 aromatic rings. The van der Waals surface area contributed by atoms with Crippen molar-refractivity contribution in [3.05, 3.63) is 41.7 Å². The summed E-state index contributed by atoms with van der Waals surface area (Å²) in [5, 5.41) is 21.5. The van der Waals surface area contributed by atoms with Crippen LogP contribution in [0.25, 0.3) is 32.9 Å². The Balaban J connectivity index is 1.43. The maximum atomic E-state index is 16.9. The van der Waals surface area contributed by atoms with Gasteiger partial charge in [-0.1, -0.05) is 12.5 Å². The number of piperidine rings is 1. The normalized spacial score (nSPS) is 25.3. The molecule has 0 amide bonds. The van der Waals surface area contributed by atoms with Crippen LogP contribution in [-0.4, -0.2) is 95.3 Å². The number of aromatic hydroxyl groups is 1. The molecule has 2 aromatic carbocycles. The minimum atomic E-state index is -1.25. The summed E-state index contributed by atoms with van der Waals surface area (Å²) in [5.41, 5.74) is -2.14. The number of anilines is 1. The van der Waals surface area contributed by atoms with E-state index < -0.39 is 28.7 Å². The third-order valence-electron chi connectivity index (χ3n) is 9.97. The van der Waals surface area contributed by atoms with Gasteiger partial charge >= 0.3 is 6.01 Å². The number of pyridine rings is 1. The van der Waals surface area contributed by atoms with Crippen LogP contribution in [0.3, 0.4) is 0 Å². The highest BCUT2D eigenvalue weighted by molar-refractivity contribution is 6.02. The van der Waals surface area contributed by atoms with Gasteiger partial charge < -0.3 is 34.2 Å². The number of benzene rings is 2. The Morgan fingerprint density at radius 3 is 2.66 bits per heavy atom. The highest BCUT2D eigenvalue weighted by Gasteiger charge is 2.47. The van der Waals surface area contributed by atoms with Crippen LogP contribution in [0.1, 0.15) is 39.0 Å². The molecule has 1 saturated carbocycles. The number of phenolic OH excluding ortho intramolecular Hbond substituents is 1. The number of aliphatic hydroxyl groups is 1. The molecule has 1 aliphatic carbocycles. The molecule has 2 saturated heterocycles. The van der Waals surface area contributed by atoms with Crippen molar-refractivity contribution in [1.29, 1.82) is 0 Å². The quantitative estimate of drug-likeness (QED) is 0.288. The van der Waals surface area contributed by atoms with Crippen LogP contribution in [0.5, 0.6) is 17.6 Å². The lowest BCUT2D eigenvalue weighted by Gasteiger charge is -2.44. The number of hydrogen-bond acceptors (Lipinski definition) is 10. The van der Waals surface area contributed by atoms with Gasteiger partial charge in [0.1, 0.15) is 33.8 Å². The molecule has 3 atom stereocenters. The smallest absolute Gasteiger partial charge is 0.319 e. The monoisotopic (exact) mass is 653 g/mol. The Labute approximate surface area is 270 Å². The number of phenols is 1. The zero-order chi connectivity index (χ0) is 33.1.